The highest BCUT2D eigenvalue weighted by molar-refractivity contribution is 5.98. The summed E-state index contributed by atoms with van der Waals surface area (Å²) in [6, 6.07) is 13.4. The molecule has 0 fully saturated rings. The average Bonchev–Trinajstić information content (AvgIpc) is 3.38. The third-order valence-electron chi connectivity index (χ3n) is 4.81. The van der Waals surface area contributed by atoms with Crippen LogP contribution in [-0.2, 0) is 6.54 Å². The number of fused-ring (bicyclic) bond motifs is 2. The van der Waals surface area contributed by atoms with Crippen LogP contribution in [-0.4, -0.2) is 10.8 Å². The molecule has 6 heteroatoms. The predicted molar refractivity (Wildman–Crippen MR) is 96.4 cm³/mol. The van der Waals surface area contributed by atoms with Crippen molar-refractivity contribution in [1.82, 2.24) is 4.90 Å². The van der Waals surface area contributed by atoms with Crippen LogP contribution in [0.25, 0.3) is 11.0 Å². The van der Waals surface area contributed by atoms with Crippen LogP contribution >= 0.6 is 0 Å². The van der Waals surface area contributed by atoms with Gasteiger partial charge in [0.1, 0.15) is 28.9 Å². The number of carbonyl (C=O) groups excluding carboxylic acids is 1. The van der Waals surface area contributed by atoms with Gasteiger partial charge in [-0.3, -0.25) is 9.59 Å². The summed E-state index contributed by atoms with van der Waals surface area (Å²) in [6.07, 6.45) is 1.55. The van der Waals surface area contributed by atoms with Gasteiger partial charge in [-0.15, -0.1) is 0 Å². The standard InChI is InChI=1S/C21H15NO5/c1-12-8-9-16(26-12)18-17-19(23)14-6-2-3-7-15(14)27-20(17)21(24)22(18)11-13-5-4-10-25-13/h2-10,18H,11H2,1H3/t18-/m0/s1. The Labute approximate surface area is 153 Å². The lowest BCUT2D eigenvalue weighted by Gasteiger charge is -2.22. The highest BCUT2D eigenvalue weighted by Crippen LogP contribution is 2.39. The molecule has 6 nitrogen and oxygen atoms in total. The predicted octanol–water partition coefficient (Wildman–Crippen LogP) is 4.03. The number of hydrogen-bond acceptors (Lipinski definition) is 5. The summed E-state index contributed by atoms with van der Waals surface area (Å²) in [5, 5.41) is 0.442. The molecular weight excluding hydrogens is 346 g/mol. The van der Waals surface area contributed by atoms with Gasteiger partial charge in [-0.1, -0.05) is 12.1 Å². The van der Waals surface area contributed by atoms with Crippen molar-refractivity contribution in [3.63, 3.8) is 0 Å². The smallest absolute Gasteiger partial charge is 0.291 e. The van der Waals surface area contributed by atoms with Crippen LogP contribution < -0.4 is 5.43 Å². The molecular formula is C21H15NO5. The molecule has 27 heavy (non-hydrogen) atoms. The number of hydrogen-bond donors (Lipinski definition) is 0. The van der Waals surface area contributed by atoms with Crippen LogP contribution in [0.4, 0.5) is 0 Å². The van der Waals surface area contributed by atoms with E-state index in [1.54, 1.807) is 53.6 Å². The number of aryl methyl sites for hydroxylation is 1. The Balaban J connectivity index is 1.75. The van der Waals surface area contributed by atoms with Crippen LogP contribution in [0.5, 0.6) is 0 Å². The number of para-hydroxylation sites is 1. The van der Waals surface area contributed by atoms with Crippen molar-refractivity contribution in [2.75, 3.05) is 0 Å². The van der Waals surface area contributed by atoms with E-state index < -0.39 is 6.04 Å². The summed E-state index contributed by atoms with van der Waals surface area (Å²) in [5.41, 5.74) is 0.477. The lowest BCUT2D eigenvalue weighted by atomic mass is 10.0. The van der Waals surface area contributed by atoms with E-state index in [1.165, 1.54) is 0 Å². The molecule has 0 spiro atoms. The Morgan fingerprint density at radius 2 is 1.85 bits per heavy atom. The van der Waals surface area contributed by atoms with Gasteiger partial charge >= 0.3 is 0 Å². The van der Waals surface area contributed by atoms with Crippen molar-refractivity contribution in [1.29, 1.82) is 0 Å². The van der Waals surface area contributed by atoms with Gasteiger partial charge in [-0.25, -0.2) is 0 Å². The molecule has 5 rings (SSSR count). The topological polar surface area (TPSA) is 76.8 Å². The van der Waals surface area contributed by atoms with Crippen molar-refractivity contribution in [2.24, 2.45) is 0 Å². The van der Waals surface area contributed by atoms with Crippen LogP contribution in [0, 0.1) is 6.92 Å². The highest BCUT2D eigenvalue weighted by atomic mass is 16.4. The largest absolute Gasteiger partial charge is 0.467 e. The van der Waals surface area contributed by atoms with E-state index >= 15 is 0 Å². The lowest BCUT2D eigenvalue weighted by molar-refractivity contribution is 0.0686. The van der Waals surface area contributed by atoms with Crippen molar-refractivity contribution in [3.8, 4) is 0 Å². The number of nitrogens with zero attached hydrogens (tertiary/aromatic N) is 1. The molecule has 1 aliphatic heterocycles. The Hall–Kier alpha value is -3.54. The summed E-state index contributed by atoms with van der Waals surface area (Å²) >= 11 is 0. The molecule has 0 unspecified atom stereocenters. The fourth-order valence-electron chi connectivity index (χ4n) is 3.60. The zero-order valence-electron chi connectivity index (χ0n) is 14.5. The van der Waals surface area contributed by atoms with Gasteiger partial charge < -0.3 is 18.2 Å². The minimum Gasteiger partial charge on any atom is -0.467 e. The Kier molecular flexibility index (Phi) is 3.33. The van der Waals surface area contributed by atoms with Crippen LogP contribution in [0.15, 0.2) is 72.8 Å². The third kappa shape index (κ3) is 2.33. The van der Waals surface area contributed by atoms with Gasteiger partial charge in [0.2, 0.25) is 5.76 Å². The molecule has 3 aromatic heterocycles. The molecule has 0 radical (unpaired) electrons. The molecule has 1 aliphatic rings. The summed E-state index contributed by atoms with van der Waals surface area (Å²) in [5.74, 6) is 1.54. The zero-order chi connectivity index (χ0) is 18.5. The van der Waals surface area contributed by atoms with Crippen LogP contribution in [0.2, 0.25) is 0 Å². The van der Waals surface area contributed by atoms with Crippen molar-refractivity contribution in [2.45, 2.75) is 19.5 Å². The molecule has 0 saturated carbocycles. The maximum Gasteiger partial charge on any atom is 0.291 e. The van der Waals surface area contributed by atoms with Gasteiger partial charge in [0.05, 0.1) is 23.8 Å². The fourth-order valence-corrected chi connectivity index (χ4v) is 3.60. The van der Waals surface area contributed by atoms with Crippen molar-refractivity contribution >= 4 is 16.9 Å². The minimum atomic E-state index is -0.660. The quantitative estimate of drug-likeness (QED) is 0.550. The second-order valence-corrected chi connectivity index (χ2v) is 6.53. The number of rotatable bonds is 3. The molecule has 1 atom stereocenters. The van der Waals surface area contributed by atoms with Gasteiger partial charge in [-0.05, 0) is 43.3 Å². The Morgan fingerprint density at radius 3 is 2.59 bits per heavy atom. The Morgan fingerprint density at radius 1 is 1.00 bits per heavy atom. The van der Waals surface area contributed by atoms with Crippen LogP contribution in [0.1, 0.15) is 39.4 Å². The molecule has 1 amide bonds. The van der Waals surface area contributed by atoms with E-state index in [2.05, 4.69) is 0 Å². The fraction of sp³-hybridized carbons (Fsp3) is 0.143. The summed E-state index contributed by atoms with van der Waals surface area (Å²) in [6.45, 7) is 2.02. The first kappa shape index (κ1) is 15.7. The van der Waals surface area contributed by atoms with E-state index in [1.807, 2.05) is 13.0 Å². The van der Waals surface area contributed by atoms with Gasteiger partial charge in [0.15, 0.2) is 5.43 Å². The van der Waals surface area contributed by atoms with Crippen molar-refractivity contribution < 1.29 is 18.0 Å². The molecule has 0 bridgehead atoms. The summed E-state index contributed by atoms with van der Waals surface area (Å²) < 4.78 is 17.0. The summed E-state index contributed by atoms with van der Waals surface area (Å²) in [7, 11) is 0. The number of carbonyl (C=O) groups is 1. The van der Waals surface area contributed by atoms with E-state index in [4.69, 9.17) is 13.3 Å². The average molecular weight is 361 g/mol. The molecule has 0 N–H and O–H groups in total. The number of benzene rings is 1. The summed E-state index contributed by atoms with van der Waals surface area (Å²) in [4.78, 5) is 27.9. The number of furan rings is 2. The van der Waals surface area contributed by atoms with E-state index in [0.29, 0.717) is 33.8 Å². The van der Waals surface area contributed by atoms with Gasteiger partial charge in [0.25, 0.3) is 5.91 Å². The SMILES string of the molecule is Cc1ccc([C@H]2c3c(oc4ccccc4c3=O)C(=O)N2Cc2ccco2)o1. The molecule has 134 valence electrons. The maximum absolute atomic E-state index is 13.2. The first-order valence-corrected chi connectivity index (χ1v) is 8.59. The maximum atomic E-state index is 13.2. The Bertz CT molecular complexity index is 1220. The van der Waals surface area contributed by atoms with Crippen molar-refractivity contribution in [3.05, 3.63) is 93.6 Å². The molecule has 4 aromatic rings. The minimum absolute atomic E-state index is 0.0595. The molecule has 0 saturated heterocycles. The lowest BCUT2D eigenvalue weighted by Crippen LogP contribution is -2.28. The monoisotopic (exact) mass is 361 g/mol. The van der Waals surface area contributed by atoms with E-state index in [-0.39, 0.29) is 23.6 Å². The molecule has 1 aromatic carbocycles. The highest BCUT2D eigenvalue weighted by Gasteiger charge is 2.44. The second kappa shape index (κ2) is 5.74. The number of amides is 1. The van der Waals surface area contributed by atoms with Gasteiger partial charge in [0, 0.05) is 0 Å². The van der Waals surface area contributed by atoms with E-state index in [0.717, 1.165) is 0 Å². The zero-order valence-corrected chi connectivity index (χ0v) is 14.5. The molecule has 0 aliphatic carbocycles. The third-order valence-corrected chi connectivity index (χ3v) is 4.81. The molecule has 4 heterocycles. The van der Waals surface area contributed by atoms with Crippen LogP contribution in [0.3, 0.4) is 0 Å². The normalized spacial score (nSPS) is 16.3. The second-order valence-electron chi connectivity index (χ2n) is 6.53. The first-order valence-electron chi connectivity index (χ1n) is 8.59. The first-order chi connectivity index (χ1) is 13.1. The van der Waals surface area contributed by atoms with E-state index in [9.17, 15) is 9.59 Å². The van der Waals surface area contributed by atoms with Gasteiger partial charge in [-0.2, -0.15) is 0 Å².